The molecular formula is C20H29NO4. The average molecular weight is 347 g/mol. The van der Waals surface area contributed by atoms with Crippen LogP contribution in [0.3, 0.4) is 0 Å². The first-order chi connectivity index (χ1) is 11.6. The molecule has 0 spiro atoms. The van der Waals surface area contributed by atoms with Gasteiger partial charge in [-0.25, -0.2) is 0 Å². The van der Waals surface area contributed by atoms with Gasteiger partial charge in [0.1, 0.15) is 11.6 Å². The molecule has 5 nitrogen and oxygen atoms in total. The van der Waals surface area contributed by atoms with Gasteiger partial charge in [-0.1, -0.05) is 20.8 Å². The standard InChI is InChI=1S/C20H29NO4/c1-6-20(5,21)18(23)25-15-8-7-14-16(22)17-13(11(2)10-24-17)9-19(14,4)12(15)3/h10,12,14-15H,6-9,21H2,1-5H3/t12-,14-,15+,19+,20-/m0/s1. The third kappa shape index (κ3) is 2.73. The Morgan fingerprint density at radius 3 is 2.80 bits per heavy atom. The van der Waals surface area contributed by atoms with Crippen molar-refractivity contribution in [3.8, 4) is 0 Å². The minimum Gasteiger partial charge on any atom is -0.461 e. The minimum atomic E-state index is -0.964. The van der Waals surface area contributed by atoms with E-state index >= 15 is 0 Å². The van der Waals surface area contributed by atoms with Crippen molar-refractivity contribution >= 4 is 11.8 Å². The molecule has 0 aromatic carbocycles. The van der Waals surface area contributed by atoms with Crippen LogP contribution in [-0.2, 0) is 16.0 Å². The largest absolute Gasteiger partial charge is 0.461 e. The number of nitrogens with two attached hydrogens (primary N) is 1. The Morgan fingerprint density at radius 1 is 1.48 bits per heavy atom. The quantitative estimate of drug-likeness (QED) is 0.847. The highest BCUT2D eigenvalue weighted by Crippen LogP contribution is 2.53. The van der Waals surface area contributed by atoms with Gasteiger partial charge in [0.05, 0.1) is 6.26 Å². The highest BCUT2D eigenvalue weighted by Gasteiger charge is 2.54. The Kier molecular flexibility index (Phi) is 4.34. The maximum atomic E-state index is 12.9. The van der Waals surface area contributed by atoms with Crippen molar-refractivity contribution in [3.05, 3.63) is 23.2 Å². The van der Waals surface area contributed by atoms with Gasteiger partial charge in [-0.2, -0.15) is 0 Å². The normalized spacial score (nSPS) is 34.0. The fourth-order valence-electron chi connectivity index (χ4n) is 4.38. The zero-order valence-electron chi connectivity index (χ0n) is 15.8. The number of ketones is 1. The lowest BCUT2D eigenvalue weighted by molar-refractivity contribution is -0.165. The predicted octanol–water partition coefficient (Wildman–Crippen LogP) is 3.42. The summed E-state index contributed by atoms with van der Waals surface area (Å²) in [6.07, 6.45) is 4.18. The van der Waals surface area contributed by atoms with E-state index in [1.807, 2.05) is 13.8 Å². The molecule has 5 atom stereocenters. The number of carbonyl (C=O) groups is 2. The molecule has 0 aliphatic heterocycles. The van der Waals surface area contributed by atoms with Crippen LogP contribution in [0.4, 0.5) is 0 Å². The fourth-order valence-corrected chi connectivity index (χ4v) is 4.38. The number of furan rings is 1. The van der Waals surface area contributed by atoms with E-state index in [1.165, 1.54) is 0 Å². The Labute approximate surface area is 149 Å². The lowest BCUT2D eigenvalue weighted by Gasteiger charge is -2.50. The molecule has 1 heterocycles. The van der Waals surface area contributed by atoms with E-state index in [4.69, 9.17) is 14.9 Å². The van der Waals surface area contributed by atoms with Gasteiger partial charge in [-0.3, -0.25) is 9.59 Å². The second kappa shape index (κ2) is 5.97. The summed E-state index contributed by atoms with van der Waals surface area (Å²) in [7, 11) is 0. The van der Waals surface area contributed by atoms with Crippen LogP contribution in [0.15, 0.2) is 10.7 Å². The number of esters is 1. The molecule has 5 heteroatoms. The maximum absolute atomic E-state index is 12.9. The first-order valence-electron chi connectivity index (χ1n) is 9.23. The SMILES string of the molecule is CC[C@](C)(N)C(=O)O[C@@H]1CC[C@H]2C(=O)c3occ(C)c3C[C@]2(C)[C@H]1C. The first kappa shape index (κ1) is 18.2. The maximum Gasteiger partial charge on any atom is 0.326 e. The van der Waals surface area contributed by atoms with Gasteiger partial charge in [0, 0.05) is 11.5 Å². The summed E-state index contributed by atoms with van der Waals surface area (Å²) in [4.78, 5) is 25.3. The van der Waals surface area contributed by atoms with Crippen LogP contribution in [0.5, 0.6) is 0 Å². The number of hydrogen-bond donors (Lipinski definition) is 1. The molecule has 0 amide bonds. The van der Waals surface area contributed by atoms with E-state index in [0.29, 0.717) is 25.0 Å². The number of ether oxygens (including phenoxy) is 1. The third-order valence-corrected chi connectivity index (χ3v) is 6.79. The number of hydrogen-bond acceptors (Lipinski definition) is 5. The van der Waals surface area contributed by atoms with Crippen LogP contribution in [0.25, 0.3) is 0 Å². The Hall–Kier alpha value is -1.62. The molecule has 2 aliphatic carbocycles. The zero-order valence-corrected chi connectivity index (χ0v) is 15.8. The number of Topliss-reactive ketones (excluding diaryl/α,β-unsaturated/α-hetero) is 1. The lowest BCUT2D eigenvalue weighted by Crippen LogP contribution is -2.54. The van der Waals surface area contributed by atoms with E-state index < -0.39 is 5.54 Å². The van der Waals surface area contributed by atoms with Crippen LogP contribution in [-0.4, -0.2) is 23.4 Å². The van der Waals surface area contributed by atoms with E-state index in [0.717, 1.165) is 17.5 Å². The topological polar surface area (TPSA) is 82.5 Å². The molecule has 0 unspecified atom stereocenters. The minimum absolute atomic E-state index is 0.0778. The van der Waals surface area contributed by atoms with Gasteiger partial charge < -0.3 is 14.9 Å². The molecule has 1 saturated carbocycles. The van der Waals surface area contributed by atoms with Gasteiger partial charge in [0.15, 0.2) is 5.76 Å². The van der Waals surface area contributed by atoms with Gasteiger partial charge >= 0.3 is 5.97 Å². The molecule has 0 saturated heterocycles. The highest BCUT2D eigenvalue weighted by atomic mass is 16.5. The summed E-state index contributed by atoms with van der Waals surface area (Å²) >= 11 is 0. The Morgan fingerprint density at radius 2 is 2.16 bits per heavy atom. The van der Waals surface area contributed by atoms with Gasteiger partial charge in [-0.05, 0) is 56.4 Å². The molecule has 138 valence electrons. The first-order valence-corrected chi connectivity index (χ1v) is 9.23. The van der Waals surface area contributed by atoms with Crippen LogP contribution in [0, 0.1) is 24.2 Å². The molecular weight excluding hydrogens is 318 g/mol. The molecule has 0 radical (unpaired) electrons. The Balaban J connectivity index is 1.86. The molecule has 1 fully saturated rings. The smallest absolute Gasteiger partial charge is 0.326 e. The predicted molar refractivity (Wildman–Crippen MR) is 94.2 cm³/mol. The van der Waals surface area contributed by atoms with Crippen LogP contribution >= 0.6 is 0 Å². The molecule has 0 bridgehead atoms. The molecule has 3 rings (SSSR count). The van der Waals surface area contributed by atoms with E-state index in [9.17, 15) is 9.59 Å². The number of aryl methyl sites for hydroxylation is 1. The summed E-state index contributed by atoms with van der Waals surface area (Å²) < 4.78 is 11.3. The van der Waals surface area contributed by atoms with Gasteiger partial charge in [0.25, 0.3) is 0 Å². The van der Waals surface area contributed by atoms with Crippen LogP contribution < -0.4 is 5.73 Å². The zero-order chi connectivity index (χ0) is 18.6. The van der Waals surface area contributed by atoms with E-state index in [-0.39, 0.29) is 35.1 Å². The number of fused-ring (bicyclic) bond motifs is 2. The van der Waals surface area contributed by atoms with Crippen molar-refractivity contribution in [2.45, 2.75) is 71.9 Å². The van der Waals surface area contributed by atoms with Gasteiger partial charge in [-0.15, -0.1) is 0 Å². The highest BCUT2D eigenvalue weighted by molar-refractivity contribution is 5.99. The van der Waals surface area contributed by atoms with Crippen molar-refractivity contribution in [1.29, 1.82) is 0 Å². The molecule has 1 aromatic heterocycles. The molecule has 2 aliphatic rings. The summed E-state index contributed by atoms with van der Waals surface area (Å²) in [5, 5.41) is 0. The molecule has 2 N–H and O–H groups in total. The van der Waals surface area contributed by atoms with Gasteiger partial charge in [0.2, 0.25) is 5.78 Å². The van der Waals surface area contributed by atoms with Crippen molar-refractivity contribution < 1.29 is 18.7 Å². The summed E-state index contributed by atoms with van der Waals surface area (Å²) in [5.74, 6) is 0.283. The second-order valence-corrected chi connectivity index (χ2v) is 8.41. The summed E-state index contributed by atoms with van der Waals surface area (Å²) in [6, 6.07) is 0. The lowest BCUT2D eigenvalue weighted by atomic mass is 9.54. The Bertz CT molecular complexity index is 705. The second-order valence-electron chi connectivity index (χ2n) is 8.41. The monoisotopic (exact) mass is 347 g/mol. The molecule has 1 aromatic rings. The average Bonchev–Trinajstić information content (AvgIpc) is 2.92. The summed E-state index contributed by atoms with van der Waals surface area (Å²) in [5.41, 5.74) is 6.87. The third-order valence-electron chi connectivity index (χ3n) is 6.79. The van der Waals surface area contributed by atoms with Crippen LogP contribution in [0.2, 0.25) is 0 Å². The van der Waals surface area contributed by atoms with Crippen molar-refractivity contribution in [2.75, 3.05) is 0 Å². The van der Waals surface area contributed by atoms with E-state index in [1.54, 1.807) is 13.2 Å². The number of rotatable bonds is 3. The van der Waals surface area contributed by atoms with Crippen molar-refractivity contribution in [3.63, 3.8) is 0 Å². The summed E-state index contributed by atoms with van der Waals surface area (Å²) in [6.45, 7) is 9.81. The van der Waals surface area contributed by atoms with Crippen molar-refractivity contribution in [1.82, 2.24) is 0 Å². The van der Waals surface area contributed by atoms with Crippen LogP contribution in [0.1, 0.15) is 68.6 Å². The molecule has 25 heavy (non-hydrogen) atoms. The fraction of sp³-hybridized carbons (Fsp3) is 0.700. The number of carbonyl (C=O) groups excluding carboxylic acids is 2. The van der Waals surface area contributed by atoms with E-state index in [2.05, 4.69) is 13.8 Å². The van der Waals surface area contributed by atoms with Crippen molar-refractivity contribution in [2.24, 2.45) is 23.0 Å².